The standard InChI is InChI=1S/C15H20F2N2O2/c1-10-8-19(9-11(2)21-10)6-5-15(20)18-12-3-4-13(16)14(17)7-12/h3-4,7,10-11H,5-6,8-9H2,1-2H3,(H,18,20). The summed E-state index contributed by atoms with van der Waals surface area (Å²) in [5.41, 5.74) is 0.266. The summed E-state index contributed by atoms with van der Waals surface area (Å²) in [6.45, 7) is 6.22. The number of hydrogen-bond donors (Lipinski definition) is 1. The molecule has 1 saturated heterocycles. The molecule has 116 valence electrons. The van der Waals surface area contributed by atoms with Crippen molar-refractivity contribution in [3.05, 3.63) is 29.8 Å². The van der Waals surface area contributed by atoms with Gasteiger partial charge in [-0.1, -0.05) is 0 Å². The van der Waals surface area contributed by atoms with Gasteiger partial charge in [0.1, 0.15) is 0 Å². The zero-order valence-corrected chi connectivity index (χ0v) is 12.2. The quantitative estimate of drug-likeness (QED) is 0.928. The molecule has 0 aromatic heterocycles. The number of hydrogen-bond acceptors (Lipinski definition) is 3. The Morgan fingerprint density at radius 3 is 2.57 bits per heavy atom. The van der Waals surface area contributed by atoms with Gasteiger partial charge in [0.05, 0.1) is 12.2 Å². The fourth-order valence-electron chi connectivity index (χ4n) is 2.52. The molecular formula is C15H20F2N2O2. The molecule has 21 heavy (non-hydrogen) atoms. The number of nitrogens with zero attached hydrogens (tertiary/aromatic N) is 1. The number of ether oxygens (including phenoxy) is 1. The SMILES string of the molecule is CC1CN(CCC(=O)Nc2ccc(F)c(F)c2)CC(C)O1. The van der Waals surface area contributed by atoms with Crippen LogP contribution in [-0.4, -0.2) is 42.6 Å². The Morgan fingerprint density at radius 1 is 1.29 bits per heavy atom. The second-order valence-corrected chi connectivity index (χ2v) is 5.44. The highest BCUT2D eigenvalue weighted by atomic mass is 19.2. The molecule has 1 amide bonds. The van der Waals surface area contributed by atoms with Gasteiger partial charge < -0.3 is 10.1 Å². The monoisotopic (exact) mass is 298 g/mol. The molecule has 6 heteroatoms. The molecule has 0 aliphatic carbocycles. The molecule has 1 N–H and O–H groups in total. The molecule has 1 fully saturated rings. The zero-order chi connectivity index (χ0) is 15.4. The van der Waals surface area contributed by atoms with E-state index in [1.807, 2.05) is 13.8 Å². The van der Waals surface area contributed by atoms with Crippen LogP contribution in [0.2, 0.25) is 0 Å². The highest BCUT2D eigenvalue weighted by Crippen LogP contribution is 2.14. The van der Waals surface area contributed by atoms with Gasteiger partial charge in [0.25, 0.3) is 0 Å². The topological polar surface area (TPSA) is 41.6 Å². The van der Waals surface area contributed by atoms with Gasteiger partial charge in [-0.3, -0.25) is 9.69 Å². The van der Waals surface area contributed by atoms with Crippen LogP contribution < -0.4 is 5.32 Å². The molecule has 1 aromatic carbocycles. The van der Waals surface area contributed by atoms with Gasteiger partial charge in [-0.25, -0.2) is 8.78 Å². The summed E-state index contributed by atoms with van der Waals surface area (Å²) in [7, 11) is 0. The number of morpholine rings is 1. The highest BCUT2D eigenvalue weighted by Gasteiger charge is 2.22. The molecular weight excluding hydrogens is 278 g/mol. The van der Waals surface area contributed by atoms with Crippen LogP contribution in [0.15, 0.2) is 18.2 Å². The summed E-state index contributed by atoms with van der Waals surface area (Å²) in [5.74, 6) is -2.11. The lowest BCUT2D eigenvalue weighted by Gasteiger charge is -2.35. The lowest BCUT2D eigenvalue weighted by molar-refractivity contribution is -0.117. The van der Waals surface area contributed by atoms with Crippen molar-refractivity contribution in [2.75, 3.05) is 25.0 Å². The highest BCUT2D eigenvalue weighted by molar-refractivity contribution is 5.90. The third kappa shape index (κ3) is 4.75. The molecule has 0 bridgehead atoms. The number of rotatable bonds is 4. The largest absolute Gasteiger partial charge is 0.373 e. The minimum atomic E-state index is -0.969. The Bertz CT molecular complexity index is 500. The molecule has 0 saturated carbocycles. The Labute approximate surface area is 123 Å². The second kappa shape index (κ2) is 6.95. The minimum Gasteiger partial charge on any atom is -0.373 e. The van der Waals surface area contributed by atoms with E-state index in [9.17, 15) is 13.6 Å². The van der Waals surface area contributed by atoms with Crippen LogP contribution in [0.1, 0.15) is 20.3 Å². The Kier molecular flexibility index (Phi) is 5.25. The molecule has 1 aliphatic rings. The maximum Gasteiger partial charge on any atom is 0.225 e. The number of carbonyl (C=O) groups excluding carboxylic acids is 1. The van der Waals surface area contributed by atoms with Gasteiger partial charge in [0.2, 0.25) is 5.91 Å². The van der Waals surface area contributed by atoms with Crippen LogP contribution in [-0.2, 0) is 9.53 Å². The van der Waals surface area contributed by atoms with Crippen molar-refractivity contribution in [3.8, 4) is 0 Å². The Balaban J connectivity index is 1.80. The van der Waals surface area contributed by atoms with E-state index in [1.54, 1.807) is 0 Å². The average Bonchev–Trinajstić information content (AvgIpc) is 2.40. The van der Waals surface area contributed by atoms with Gasteiger partial charge in [0.15, 0.2) is 11.6 Å². The lowest BCUT2D eigenvalue weighted by atomic mass is 10.2. The van der Waals surface area contributed by atoms with Crippen LogP contribution >= 0.6 is 0 Å². The van der Waals surface area contributed by atoms with Crippen molar-refractivity contribution in [2.45, 2.75) is 32.5 Å². The molecule has 1 aliphatic heterocycles. The molecule has 2 atom stereocenters. The molecule has 4 nitrogen and oxygen atoms in total. The van der Waals surface area contributed by atoms with E-state index in [2.05, 4.69) is 10.2 Å². The zero-order valence-electron chi connectivity index (χ0n) is 12.2. The first-order valence-corrected chi connectivity index (χ1v) is 7.06. The summed E-state index contributed by atoms with van der Waals surface area (Å²) in [6, 6.07) is 3.32. The van der Waals surface area contributed by atoms with E-state index >= 15 is 0 Å². The summed E-state index contributed by atoms with van der Waals surface area (Å²) in [5, 5.41) is 2.57. The van der Waals surface area contributed by atoms with Crippen molar-refractivity contribution in [3.63, 3.8) is 0 Å². The van der Waals surface area contributed by atoms with Crippen molar-refractivity contribution in [2.24, 2.45) is 0 Å². The lowest BCUT2D eigenvalue weighted by Crippen LogP contribution is -2.46. The predicted molar refractivity (Wildman–Crippen MR) is 76.1 cm³/mol. The summed E-state index contributed by atoms with van der Waals surface area (Å²) in [4.78, 5) is 14.0. The first-order chi connectivity index (χ1) is 9.94. The molecule has 2 rings (SSSR count). The van der Waals surface area contributed by atoms with Gasteiger partial charge in [-0.2, -0.15) is 0 Å². The van der Waals surface area contributed by atoms with Crippen LogP contribution in [0.3, 0.4) is 0 Å². The maximum absolute atomic E-state index is 13.0. The smallest absolute Gasteiger partial charge is 0.225 e. The third-order valence-corrected chi connectivity index (χ3v) is 3.35. The second-order valence-electron chi connectivity index (χ2n) is 5.44. The first-order valence-electron chi connectivity index (χ1n) is 7.06. The minimum absolute atomic E-state index is 0.156. The number of benzene rings is 1. The van der Waals surface area contributed by atoms with Crippen LogP contribution in [0.25, 0.3) is 0 Å². The Hall–Kier alpha value is -1.53. The third-order valence-electron chi connectivity index (χ3n) is 3.35. The normalized spacial score (nSPS) is 23.0. The van der Waals surface area contributed by atoms with E-state index in [-0.39, 0.29) is 23.8 Å². The number of halogens is 2. The first kappa shape index (κ1) is 15.9. The summed E-state index contributed by atoms with van der Waals surface area (Å²) < 4.78 is 31.5. The number of amides is 1. The van der Waals surface area contributed by atoms with E-state index in [4.69, 9.17) is 4.74 Å². The van der Waals surface area contributed by atoms with Gasteiger partial charge in [-0.15, -0.1) is 0 Å². The van der Waals surface area contributed by atoms with E-state index < -0.39 is 11.6 Å². The average molecular weight is 298 g/mol. The van der Waals surface area contributed by atoms with Crippen molar-refractivity contribution in [1.29, 1.82) is 0 Å². The summed E-state index contributed by atoms with van der Waals surface area (Å²) >= 11 is 0. The van der Waals surface area contributed by atoms with Crippen LogP contribution in [0.5, 0.6) is 0 Å². The molecule has 1 aromatic rings. The van der Waals surface area contributed by atoms with E-state index in [0.29, 0.717) is 13.0 Å². The van der Waals surface area contributed by atoms with Gasteiger partial charge in [-0.05, 0) is 26.0 Å². The van der Waals surface area contributed by atoms with E-state index in [0.717, 1.165) is 25.2 Å². The van der Waals surface area contributed by atoms with Crippen LogP contribution in [0.4, 0.5) is 14.5 Å². The Morgan fingerprint density at radius 2 is 1.95 bits per heavy atom. The maximum atomic E-state index is 13.0. The van der Waals surface area contributed by atoms with Crippen LogP contribution in [0, 0.1) is 11.6 Å². The fourth-order valence-corrected chi connectivity index (χ4v) is 2.52. The van der Waals surface area contributed by atoms with Gasteiger partial charge >= 0.3 is 0 Å². The predicted octanol–water partition coefficient (Wildman–Crippen LogP) is 2.40. The molecule has 1 heterocycles. The summed E-state index contributed by atoms with van der Waals surface area (Å²) in [6.07, 6.45) is 0.615. The van der Waals surface area contributed by atoms with Crippen molar-refractivity contribution < 1.29 is 18.3 Å². The number of anilines is 1. The number of carbonyl (C=O) groups is 1. The molecule has 2 unspecified atom stereocenters. The van der Waals surface area contributed by atoms with E-state index in [1.165, 1.54) is 6.07 Å². The van der Waals surface area contributed by atoms with Crippen molar-refractivity contribution in [1.82, 2.24) is 4.90 Å². The number of nitrogens with one attached hydrogen (secondary N) is 1. The fraction of sp³-hybridized carbons (Fsp3) is 0.533. The van der Waals surface area contributed by atoms with Gasteiger partial charge in [0, 0.05) is 37.8 Å². The molecule has 0 spiro atoms. The molecule has 0 radical (unpaired) electrons. The van der Waals surface area contributed by atoms with Crippen molar-refractivity contribution >= 4 is 11.6 Å².